The molecule has 21 heavy (non-hydrogen) atoms. The minimum atomic E-state index is -0.656. The summed E-state index contributed by atoms with van der Waals surface area (Å²) in [5, 5.41) is 10.8. The molecule has 2 rings (SSSR count). The zero-order valence-electron chi connectivity index (χ0n) is 11.2. The number of hydrogen-bond acceptors (Lipinski definition) is 4. The molecule has 0 radical (unpaired) electrons. The molecule has 0 atom stereocenters. The maximum Gasteiger partial charge on any atom is 0.339 e. The number of benzene rings is 2. The van der Waals surface area contributed by atoms with Crippen LogP contribution in [0.5, 0.6) is 0 Å². The van der Waals surface area contributed by atoms with Gasteiger partial charge in [-0.1, -0.05) is 30.0 Å². The van der Waals surface area contributed by atoms with Gasteiger partial charge in [0.25, 0.3) is 5.69 Å². The molecule has 104 valence electrons. The Morgan fingerprint density at radius 3 is 2.48 bits per heavy atom. The van der Waals surface area contributed by atoms with Crippen LogP contribution in [-0.2, 0) is 4.74 Å². The number of hydrogen-bond donors (Lipinski definition) is 0. The Hall–Kier alpha value is -3.13. The minimum absolute atomic E-state index is 0.0788. The van der Waals surface area contributed by atoms with Crippen LogP contribution in [0.3, 0.4) is 0 Å². The van der Waals surface area contributed by atoms with Crippen molar-refractivity contribution in [3.63, 3.8) is 0 Å². The summed E-state index contributed by atoms with van der Waals surface area (Å²) < 4.78 is 4.63. The first-order valence-corrected chi connectivity index (χ1v) is 6.05. The van der Waals surface area contributed by atoms with Crippen molar-refractivity contribution in [3.8, 4) is 11.8 Å². The Bertz CT molecular complexity index is 742. The Labute approximate surface area is 121 Å². The van der Waals surface area contributed by atoms with Crippen molar-refractivity contribution in [2.24, 2.45) is 0 Å². The van der Waals surface area contributed by atoms with Gasteiger partial charge < -0.3 is 4.74 Å². The monoisotopic (exact) mass is 281 g/mol. The molecule has 0 spiro atoms. The van der Waals surface area contributed by atoms with Crippen LogP contribution in [0.1, 0.15) is 21.5 Å². The summed E-state index contributed by atoms with van der Waals surface area (Å²) in [6, 6.07) is 13.1. The van der Waals surface area contributed by atoms with Crippen LogP contribution in [-0.4, -0.2) is 18.0 Å². The van der Waals surface area contributed by atoms with Gasteiger partial charge in [-0.3, -0.25) is 10.1 Å². The van der Waals surface area contributed by atoms with Gasteiger partial charge >= 0.3 is 5.97 Å². The highest BCUT2D eigenvalue weighted by molar-refractivity contribution is 5.93. The van der Waals surface area contributed by atoms with Gasteiger partial charge in [0.2, 0.25) is 0 Å². The molecule has 0 amide bonds. The molecule has 2 aromatic rings. The third-order valence-electron chi connectivity index (χ3n) is 2.73. The highest BCUT2D eigenvalue weighted by Gasteiger charge is 2.16. The molecule has 5 heteroatoms. The first-order chi connectivity index (χ1) is 10.1. The molecule has 0 bridgehead atoms. The van der Waals surface area contributed by atoms with Crippen molar-refractivity contribution in [2.45, 2.75) is 0 Å². The summed E-state index contributed by atoms with van der Waals surface area (Å²) in [4.78, 5) is 21.9. The molecule has 0 aliphatic rings. The fourth-order valence-corrected chi connectivity index (χ4v) is 1.69. The summed E-state index contributed by atoms with van der Waals surface area (Å²) in [5.74, 6) is 5.08. The number of non-ortho nitro benzene ring substituents is 1. The summed E-state index contributed by atoms with van der Waals surface area (Å²) in [6.45, 7) is 0. The Balaban J connectivity index is 2.46. The van der Waals surface area contributed by atoms with E-state index in [0.29, 0.717) is 5.56 Å². The van der Waals surface area contributed by atoms with E-state index < -0.39 is 10.9 Å². The van der Waals surface area contributed by atoms with Crippen LogP contribution < -0.4 is 0 Å². The molecule has 0 aliphatic heterocycles. The molecule has 2 aromatic carbocycles. The molecular formula is C16H11NO4. The fourth-order valence-electron chi connectivity index (χ4n) is 1.69. The van der Waals surface area contributed by atoms with Crippen molar-refractivity contribution >= 4 is 11.7 Å². The number of rotatable bonds is 2. The quantitative estimate of drug-likeness (QED) is 0.367. The van der Waals surface area contributed by atoms with Crippen molar-refractivity contribution in [1.82, 2.24) is 0 Å². The van der Waals surface area contributed by atoms with E-state index in [1.54, 1.807) is 0 Å². The maximum atomic E-state index is 11.7. The van der Waals surface area contributed by atoms with E-state index in [2.05, 4.69) is 16.6 Å². The van der Waals surface area contributed by atoms with Crippen molar-refractivity contribution in [3.05, 3.63) is 75.3 Å². The fraction of sp³-hybridized carbons (Fsp3) is 0.0625. The third kappa shape index (κ3) is 3.45. The van der Waals surface area contributed by atoms with Crippen LogP contribution in [0.2, 0.25) is 0 Å². The maximum absolute atomic E-state index is 11.7. The van der Waals surface area contributed by atoms with Gasteiger partial charge in [-0.15, -0.1) is 0 Å². The number of carbonyl (C=O) groups excluding carboxylic acids is 1. The number of carbonyl (C=O) groups is 1. The van der Waals surface area contributed by atoms with Gasteiger partial charge in [0.05, 0.1) is 17.6 Å². The van der Waals surface area contributed by atoms with Gasteiger partial charge in [0.1, 0.15) is 0 Å². The average Bonchev–Trinajstić information content (AvgIpc) is 2.52. The topological polar surface area (TPSA) is 69.4 Å². The molecule has 0 N–H and O–H groups in total. The van der Waals surface area contributed by atoms with Gasteiger partial charge in [0, 0.05) is 23.3 Å². The number of nitrogens with zero attached hydrogens (tertiary/aromatic N) is 1. The number of nitro benzene ring substituents is 1. The van der Waals surface area contributed by atoms with Crippen LogP contribution >= 0.6 is 0 Å². The molecular weight excluding hydrogens is 270 g/mol. The van der Waals surface area contributed by atoms with Crippen LogP contribution in [0.15, 0.2) is 48.5 Å². The van der Waals surface area contributed by atoms with E-state index in [-0.39, 0.29) is 11.3 Å². The van der Waals surface area contributed by atoms with Gasteiger partial charge in [-0.25, -0.2) is 4.79 Å². The van der Waals surface area contributed by atoms with Crippen LogP contribution in [0.4, 0.5) is 5.69 Å². The van der Waals surface area contributed by atoms with Gasteiger partial charge in [-0.2, -0.15) is 0 Å². The van der Waals surface area contributed by atoms with Crippen molar-refractivity contribution in [2.75, 3.05) is 7.11 Å². The first kappa shape index (κ1) is 14.3. The van der Waals surface area contributed by atoms with Gasteiger partial charge in [-0.05, 0) is 18.2 Å². The van der Waals surface area contributed by atoms with E-state index in [4.69, 9.17) is 0 Å². The Kier molecular flexibility index (Phi) is 4.32. The molecule has 0 aliphatic carbocycles. The molecule has 0 saturated heterocycles. The highest BCUT2D eigenvalue weighted by Crippen LogP contribution is 2.18. The first-order valence-electron chi connectivity index (χ1n) is 6.05. The summed E-state index contributed by atoms with van der Waals surface area (Å²) in [6.07, 6.45) is 0. The van der Waals surface area contributed by atoms with E-state index in [9.17, 15) is 14.9 Å². The second-order valence-corrected chi connectivity index (χ2v) is 4.09. The molecule has 5 nitrogen and oxygen atoms in total. The van der Waals surface area contributed by atoms with E-state index >= 15 is 0 Å². The Morgan fingerprint density at radius 2 is 1.86 bits per heavy atom. The number of nitro groups is 1. The smallest absolute Gasteiger partial charge is 0.339 e. The highest BCUT2D eigenvalue weighted by atomic mass is 16.6. The SMILES string of the molecule is COC(=O)c1cc([N+](=O)[O-])ccc1C#Cc1ccccc1. The predicted octanol–water partition coefficient (Wildman–Crippen LogP) is 2.78. The largest absolute Gasteiger partial charge is 0.465 e. The number of ether oxygens (including phenoxy) is 1. The summed E-state index contributed by atoms with van der Waals surface area (Å²) in [5.41, 5.74) is 1.07. The molecule has 0 fully saturated rings. The number of methoxy groups -OCH3 is 1. The van der Waals surface area contributed by atoms with Crippen molar-refractivity contribution < 1.29 is 14.5 Å². The van der Waals surface area contributed by atoms with Crippen LogP contribution in [0.25, 0.3) is 0 Å². The lowest BCUT2D eigenvalue weighted by molar-refractivity contribution is -0.384. The van der Waals surface area contributed by atoms with E-state index in [1.807, 2.05) is 30.3 Å². The Morgan fingerprint density at radius 1 is 1.14 bits per heavy atom. The second-order valence-electron chi connectivity index (χ2n) is 4.09. The lowest BCUT2D eigenvalue weighted by atomic mass is 10.1. The zero-order valence-corrected chi connectivity index (χ0v) is 11.2. The molecule has 0 heterocycles. The van der Waals surface area contributed by atoms with Crippen molar-refractivity contribution in [1.29, 1.82) is 0 Å². The van der Waals surface area contributed by atoms with Crippen LogP contribution in [0, 0.1) is 22.0 Å². The lowest BCUT2D eigenvalue weighted by Crippen LogP contribution is -2.05. The van der Waals surface area contributed by atoms with E-state index in [1.165, 1.54) is 25.3 Å². The number of esters is 1. The summed E-state index contributed by atoms with van der Waals surface area (Å²) in [7, 11) is 1.22. The lowest BCUT2D eigenvalue weighted by Gasteiger charge is -2.02. The molecule has 0 unspecified atom stereocenters. The normalized spacial score (nSPS) is 9.38. The molecule has 0 aromatic heterocycles. The third-order valence-corrected chi connectivity index (χ3v) is 2.73. The summed E-state index contributed by atoms with van der Waals surface area (Å²) >= 11 is 0. The average molecular weight is 281 g/mol. The second kappa shape index (κ2) is 6.35. The van der Waals surface area contributed by atoms with E-state index in [0.717, 1.165) is 5.56 Å². The zero-order chi connectivity index (χ0) is 15.2. The molecule has 0 saturated carbocycles. The van der Waals surface area contributed by atoms with Gasteiger partial charge in [0.15, 0.2) is 0 Å². The standard InChI is InChI=1S/C16H11NO4/c1-21-16(18)15-11-14(17(19)20)10-9-13(15)8-7-12-5-3-2-4-6-12/h2-6,9-11H,1H3. The predicted molar refractivity (Wildman–Crippen MR) is 76.9 cm³/mol. The minimum Gasteiger partial charge on any atom is -0.465 e.